The van der Waals surface area contributed by atoms with Crippen molar-refractivity contribution in [1.82, 2.24) is 5.32 Å². The minimum atomic E-state index is -0.0729. The summed E-state index contributed by atoms with van der Waals surface area (Å²) in [5, 5.41) is 2.99. The van der Waals surface area contributed by atoms with Crippen LogP contribution in [0, 0.1) is 0 Å². The van der Waals surface area contributed by atoms with Gasteiger partial charge >= 0.3 is 0 Å². The monoisotopic (exact) mass is 295 g/mol. The normalized spacial score (nSPS) is 14.1. The van der Waals surface area contributed by atoms with Gasteiger partial charge in [-0.3, -0.25) is 4.79 Å². The van der Waals surface area contributed by atoms with Crippen LogP contribution >= 0.6 is 0 Å². The van der Waals surface area contributed by atoms with Gasteiger partial charge in [-0.15, -0.1) is 0 Å². The average molecular weight is 295 g/mol. The van der Waals surface area contributed by atoms with Crippen molar-refractivity contribution in [1.29, 1.82) is 0 Å². The number of amides is 1. The van der Waals surface area contributed by atoms with Crippen LogP contribution in [0.3, 0.4) is 0 Å². The molecule has 4 nitrogen and oxygen atoms in total. The van der Waals surface area contributed by atoms with Crippen LogP contribution in [0.2, 0.25) is 0 Å². The Kier molecular flexibility index (Phi) is 4.28. The molecule has 4 heteroatoms. The highest BCUT2D eigenvalue weighted by Gasteiger charge is 2.15. The lowest BCUT2D eigenvalue weighted by Crippen LogP contribution is -2.25. The van der Waals surface area contributed by atoms with Gasteiger partial charge in [0.1, 0.15) is 0 Å². The molecule has 1 fully saturated rings. The molecule has 0 aromatic heterocycles. The van der Waals surface area contributed by atoms with Crippen molar-refractivity contribution < 1.29 is 4.79 Å². The lowest BCUT2D eigenvalue weighted by Gasteiger charge is -2.21. The van der Waals surface area contributed by atoms with Crippen molar-refractivity contribution >= 4 is 17.3 Å². The molecule has 0 radical (unpaired) electrons. The van der Waals surface area contributed by atoms with Gasteiger partial charge in [0.15, 0.2) is 0 Å². The summed E-state index contributed by atoms with van der Waals surface area (Å²) in [5.41, 5.74) is 9.33. The molecule has 0 saturated carbocycles. The van der Waals surface area contributed by atoms with E-state index >= 15 is 0 Å². The number of nitrogen functional groups attached to an aromatic ring is 1. The van der Waals surface area contributed by atoms with E-state index in [1.807, 2.05) is 6.07 Å². The van der Waals surface area contributed by atoms with Gasteiger partial charge in [0.05, 0.1) is 0 Å². The number of nitrogens with one attached hydrogen (secondary N) is 1. The summed E-state index contributed by atoms with van der Waals surface area (Å²) in [5.74, 6) is -0.0729. The Morgan fingerprint density at radius 1 is 1.05 bits per heavy atom. The molecule has 1 saturated heterocycles. The number of anilines is 2. The molecule has 0 unspecified atom stereocenters. The molecule has 0 bridgehead atoms. The van der Waals surface area contributed by atoms with E-state index < -0.39 is 0 Å². The second-order valence-electron chi connectivity index (χ2n) is 5.63. The third-order valence-corrected chi connectivity index (χ3v) is 4.05. The summed E-state index contributed by atoms with van der Waals surface area (Å²) < 4.78 is 0. The van der Waals surface area contributed by atoms with E-state index in [2.05, 4.69) is 28.4 Å². The maximum Gasteiger partial charge on any atom is 0.251 e. The molecule has 114 valence electrons. The van der Waals surface area contributed by atoms with Crippen molar-refractivity contribution in [3.8, 4) is 0 Å². The third kappa shape index (κ3) is 3.22. The summed E-state index contributed by atoms with van der Waals surface area (Å²) in [7, 11) is 0. The molecule has 3 N–H and O–H groups in total. The predicted molar refractivity (Wildman–Crippen MR) is 89.9 cm³/mol. The fourth-order valence-corrected chi connectivity index (χ4v) is 2.84. The van der Waals surface area contributed by atoms with E-state index in [9.17, 15) is 4.79 Å². The van der Waals surface area contributed by atoms with Gasteiger partial charge < -0.3 is 16.0 Å². The molecule has 0 spiro atoms. The summed E-state index contributed by atoms with van der Waals surface area (Å²) in [6.07, 6.45) is 2.48. The topological polar surface area (TPSA) is 58.4 Å². The van der Waals surface area contributed by atoms with Gasteiger partial charge in [0.25, 0.3) is 5.91 Å². The quantitative estimate of drug-likeness (QED) is 0.853. The van der Waals surface area contributed by atoms with Crippen molar-refractivity contribution in [2.75, 3.05) is 23.7 Å². The van der Waals surface area contributed by atoms with E-state index in [-0.39, 0.29) is 5.91 Å². The molecule has 0 aliphatic carbocycles. The number of rotatable bonds is 4. The lowest BCUT2D eigenvalue weighted by atomic mass is 10.1. The zero-order chi connectivity index (χ0) is 15.4. The number of para-hydroxylation sites is 1. The van der Waals surface area contributed by atoms with Crippen LogP contribution in [0.5, 0.6) is 0 Å². The zero-order valence-corrected chi connectivity index (χ0v) is 12.6. The number of nitrogens with two attached hydrogens (primary N) is 1. The summed E-state index contributed by atoms with van der Waals surface area (Å²) in [4.78, 5) is 14.6. The van der Waals surface area contributed by atoms with Crippen LogP contribution in [0.25, 0.3) is 0 Å². The molecule has 1 aliphatic rings. The van der Waals surface area contributed by atoms with E-state index in [1.54, 1.807) is 24.3 Å². The smallest absolute Gasteiger partial charge is 0.251 e. The number of hydrogen-bond acceptors (Lipinski definition) is 3. The first kappa shape index (κ1) is 14.4. The second kappa shape index (κ2) is 6.52. The highest BCUT2D eigenvalue weighted by Crippen LogP contribution is 2.24. The van der Waals surface area contributed by atoms with Gasteiger partial charge in [-0.05, 0) is 48.7 Å². The van der Waals surface area contributed by atoms with Crippen LogP contribution < -0.4 is 16.0 Å². The standard InChI is InChI=1S/C18H21N3O/c19-16-9-7-14(8-10-16)18(22)20-13-15-5-1-2-6-17(15)21-11-3-4-12-21/h1-2,5-10H,3-4,11-13,19H2,(H,20,22). The number of hydrogen-bond donors (Lipinski definition) is 2. The fourth-order valence-electron chi connectivity index (χ4n) is 2.84. The number of carbonyl (C=O) groups is 1. The Labute approximate surface area is 130 Å². The molecule has 2 aromatic carbocycles. The van der Waals surface area contributed by atoms with Crippen LogP contribution in [-0.4, -0.2) is 19.0 Å². The molecule has 1 heterocycles. The molecule has 0 atom stereocenters. The van der Waals surface area contributed by atoms with Crippen LogP contribution in [-0.2, 0) is 6.54 Å². The zero-order valence-electron chi connectivity index (χ0n) is 12.6. The molecule has 3 rings (SSSR count). The SMILES string of the molecule is Nc1ccc(C(=O)NCc2ccccc2N2CCCC2)cc1. The maximum absolute atomic E-state index is 12.2. The Hall–Kier alpha value is -2.49. The second-order valence-corrected chi connectivity index (χ2v) is 5.63. The Morgan fingerprint density at radius 3 is 2.45 bits per heavy atom. The summed E-state index contributed by atoms with van der Waals surface area (Å²) >= 11 is 0. The molecular weight excluding hydrogens is 274 g/mol. The first-order valence-electron chi connectivity index (χ1n) is 7.70. The molecule has 2 aromatic rings. The minimum absolute atomic E-state index is 0.0729. The molecule has 1 amide bonds. The maximum atomic E-state index is 12.2. The minimum Gasteiger partial charge on any atom is -0.399 e. The van der Waals surface area contributed by atoms with Gasteiger partial charge in [-0.25, -0.2) is 0 Å². The first-order valence-corrected chi connectivity index (χ1v) is 7.70. The third-order valence-electron chi connectivity index (χ3n) is 4.05. The largest absolute Gasteiger partial charge is 0.399 e. The van der Waals surface area contributed by atoms with E-state index in [4.69, 9.17) is 5.73 Å². The van der Waals surface area contributed by atoms with Gasteiger partial charge in [-0.2, -0.15) is 0 Å². The van der Waals surface area contributed by atoms with E-state index in [0.717, 1.165) is 18.7 Å². The Balaban J connectivity index is 1.68. The Bertz CT molecular complexity index is 646. The van der Waals surface area contributed by atoms with Crippen molar-refractivity contribution in [2.45, 2.75) is 19.4 Å². The van der Waals surface area contributed by atoms with Crippen LogP contribution in [0.4, 0.5) is 11.4 Å². The average Bonchev–Trinajstić information content (AvgIpc) is 3.08. The highest BCUT2D eigenvalue weighted by molar-refractivity contribution is 5.94. The first-order chi connectivity index (χ1) is 10.7. The molecular formula is C18H21N3O. The van der Waals surface area contributed by atoms with Crippen LogP contribution in [0.15, 0.2) is 48.5 Å². The summed E-state index contributed by atoms with van der Waals surface area (Å²) in [6, 6.07) is 15.3. The lowest BCUT2D eigenvalue weighted by molar-refractivity contribution is 0.0951. The molecule has 1 aliphatic heterocycles. The fraction of sp³-hybridized carbons (Fsp3) is 0.278. The van der Waals surface area contributed by atoms with Crippen molar-refractivity contribution in [2.24, 2.45) is 0 Å². The molecule has 22 heavy (non-hydrogen) atoms. The number of nitrogens with zero attached hydrogens (tertiary/aromatic N) is 1. The Morgan fingerprint density at radius 2 is 1.73 bits per heavy atom. The summed E-state index contributed by atoms with van der Waals surface area (Å²) in [6.45, 7) is 2.74. The van der Waals surface area contributed by atoms with E-state index in [0.29, 0.717) is 17.8 Å². The number of benzene rings is 2. The van der Waals surface area contributed by atoms with Crippen molar-refractivity contribution in [3.63, 3.8) is 0 Å². The van der Waals surface area contributed by atoms with Crippen LogP contribution in [0.1, 0.15) is 28.8 Å². The van der Waals surface area contributed by atoms with Crippen molar-refractivity contribution in [3.05, 3.63) is 59.7 Å². The predicted octanol–water partition coefficient (Wildman–Crippen LogP) is 2.80. The van der Waals surface area contributed by atoms with Gasteiger partial charge in [-0.1, -0.05) is 18.2 Å². The van der Waals surface area contributed by atoms with E-state index in [1.165, 1.54) is 18.5 Å². The van der Waals surface area contributed by atoms with Gasteiger partial charge in [0, 0.05) is 36.6 Å². The number of carbonyl (C=O) groups excluding carboxylic acids is 1. The van der Waals surface area contributed by atoms with Gasteiger partial charge in [0.2, 0.25) is 0 Å². The highest BCUT2D eigenvalue weighted by atomic mass is 16.1.